The minimum atomic E-state index is -1.19. The van der Waals surface area contributed by atoms with E-state index in [0.29, 0.717) is 11.3 Å². The number of hydrogen-bond donors (Lipinski definition) is 3. The van der Waals surface area contributed by atoms with Gasteiger partial charge in [-0.1, -0.05) is 12.1 Å². The molecule has 70 valence electrons. The summed E-state index contributed by atoms with van der Waals surface area (Å²) in [6.07, 6.45) is 0.0297. The highest BCUT2D eigenvalue weighted by atomic mass is 16.4. The lowest BCUT2D eigenvalue weighted by Crippen LogP contribution is -2.32. The predicted molar refractivity (Wildman–Crippen MR) is 47.4 cm³/mol. The number of phenols is 1. The lowest BCUT2D eigenvalue weighted by atomic mass is 10.1. The van der Waals surface area contributed by atoms with Crippen molar-refractivity contribution in [1.29, 1.82) is 2.86 Å². The van der Waals surface area contributed by atoms with Gasteiger partial charge in [-0.05, 0) is 24.1 Å². The molecule has 0 radical (unpaired) electrons. The Bertz CT molecular complexity index is 388. The molecule has 1 aromatic rings. The van der Waals surface area contributed by atoms with E-state index in [-0.39, 0.29) is 12.1 Å². The fourth-order valence-corrected chi connectivity index (χ4v) is 0.979. The van der Waals surface area contributed by atoms with Crippen LogP contribution in [-0.4, -0.2) is 23.7 Å². The van der Waals surface area contributed by atoms with Gasteiger partial charge >= 0.3 is 5.97 Å². The number of aromatic hydroxyl groups is 1. The summed E-state index contributed by atoms with van der Waals surface area (Å²) < 4.78 is 27.3. The molecule has 1 rings (SSSR count). The van der Waals surface area contributed by atoms with Crippen molar-refractivity contribution in [3.05, 3.63) is 29.8 Å². The number of phenolic OH excluding ortho intramolecular Hbond substituents is 1. The van der Waals surface area contributed by atoms with Crippen molar-refractivity contribution in [2.45, 2.75) is 12.5 Å². The number of aliphatic carboxylic acids is 1. The Morgan fingerprint density at radius 1 is 1.77 bits per heavy atom. The summed E-state index contributed by atoms with van der Waals surface area (Å²) in [7, 11) is 0. The second kappa shape index (κ2) is 3.91. The average molecular weight is 185 g/mol. The van der Waals surface area contributed by atoms with Gasteiger partial charge in [0.1, 0.15) is 14.6 Å². The highest BCUT2D eigenvalue weighted by Crippen LogP contribution is 2.11. The third kappa shape index (κ3) is 2.76. The molecule has 0 spiro atoms. The van der Waals surface area contributed by atoms with Gasteiger partial charge in [0.25, 0.3) is 2.86 Å². The number of rotatable bonds is 5. The number of carbonyl (C=O) groups is 1. The van der Waals surface area contributed by atoms with E-state index in [0.717, 1.165) is 0 Å². The van der Waals surface area contributed by atoms with E-state index in [2.05, 4.69) is 10.2 Å². The normalized spacial score (nSPS) is 16.4. The van der Waals surface area contributed by atoms with Crippen molar-refractivity contribution in [2.75, 3.05) is 0 Å². The summed E-state index contributed by atoms with van der Waals surface area (Å²) in [6, 6.07) is 5.18. The molecule has 0 aromatic heterocycles. The van der Waals surface area contributed by atoms with Gasteiger partial charge in [0.2, 0.25) is 0 Å². The maximum atomic E-state index is 11.2. The maximum absolute atomic E-state index is 11.2. The smallest absolute Gasteiger partial charge is 0.320 e. The zero-order valence-electron chi connectivity index (χ0n) is 10.8. The number of hydrogen-bond acceptors (Lipinski definition) is 4. The molecule has 0 aliphatic carbocycles. The number of carboxylic acids is 1. The molecule has 0 unspecified atom stereocenters. The van der Waals surface area contributed by atoms with E-state index in [1.807, 2.05) is 0 Å². The van der Waals surface area contributed by atoms with Crippen LogP contribution >= 0.6 is 0 Å². The van der Waals surface area contributed by atoms with Crippen molar-refractivity contribution in [3.8, 4) is 5.75 Å². The van der Waals surface area contributed by atoms with Gasteiger partial charge in [-0.25, -0.2) is 0 Å². The van der Waals surface area contributed by atoms with Crippen LogP contribution in [0.4, 0.5) is 0 Å². The average Bonchev–Trinajstić information content (AvgIpc) is 2.35. The molecule has 4 N–H and O–H groups in total. The Morgan fingerprint density at radius 3 is 3.38 bits per heavy atom. The van der Waals surface area contributed by atoms with Crippen LogP contribution in [0.2, 0.25) is 2.82 Å². The van der Waals surface area contributed by atoms with Crippen molar-refractivity contribution < 1.29 is 17.8 Å². The van der Waals surface area contributed by atoms with Crippen LogP contribution in [0.25, 0.3) is 1.43 Å². The SMILES string of the molecule is [2H]OC(=O)[C@H](Cc1cccc(O[2H])c1)N([2H])[2H]. The second-order valence-corrected chi connectivity index (χ2v) is 2.69. The third-order valence-electron chi connectivity index (χ3n) is 1.60. The van der Waals surface area contributed by atoms with Crippen LogP contribution in [0.15, 0.2) is 24.3 Å². The number of benzene rings is 1. The lowest BCUT2D eigenvalue weighted by molar-refractivity contribution is -0.138. The molecule has 0 fully saturated rings. The summed E-state index contributed by atoms with van der Waals surface area (Å²) in [6.45, 7) is 0. The first-order valence-electron chi connectivity index (χ1n) is 5.45. The van der Waals surface area contributed by atoms with E-state index in [1.165, 1.54) is 6.07 Å². The minimum absolute atomic E-state index is 0.0297. The molecular formula is C9H11NO3. The number of carboxylic acid groups (broad SMARTS) is 1. The lowest BCUT2D eigenvalue weighted by Gasteiger charge is -2.05. The highest BCUT2D eigenvalue weighted by molar-refractivity contribution is 5.73. The Kier molecular flexibility index (Phi) is 1.58. The Morgan fingerprint density at radius 2 is 2.69 bits per heavy atom. The van der Waals surface area contributed by atoms with Gasteiger partial charge in [0.15, 0.2) is 0 Å². The molecule has 1 atom stereocenters. The fraction of sp³-hybridized carbons (Fsp3) is 0.222. The van der Waals surface area contributed by atoms with Crippen LogP contribution in [0.3, 0.4) is 0 Å². The first kappa shape index (κ1) is 5.24. The van der Waals surface area contributed by atoms with Crippen molar-refractivity contribution in [3.63, 3.8) is 0 Å². The molecule has 0 bridgehead atoms. The molecular weight excluding hydrogens is 170 g/mol. The molecule has 13 heavy (non-hydrogen) atoms. The largest absolute Gasteiger partial charge is 0.508 e. The highest BCUT2D eigenvalue weighted by Gasteiger charge is 2.11. The molecule has 0 aliphatic rings. The Labute approximate surface area is 81.5 Å². The molecule has 4 heteroatoms. The van der Waals surface area contributed by atoms with E-state index < -0.39 is 12.0 Å². The van der Waals surface area contributed by atoms with Crippen LogP contribution in [-0.2, 0) is 11.2 Å². The van der Waals surface area contributed by atoms with Gasteiger partial charge in [0.05, 0.1) is 0 Å². The van der Waals surface area contributed by atoms with E-state index in [4.69, 9.17) is 5.69 Å². The molecule has 4 nitrogen and oxygen atoms in total. The summed E-state index contributed by atoms with van der Waals surface area (Å²) in [5.74, 6) is -0.686. The topological polar surface area (TPSA) is 83.5 Å². The first-order valence-corrected chi connectivity index (χ1v) is 3.74. The molecule has 0 aliphatic heterocycles. The Hall–Kier alpha value is -1.55. The van der Waals surface area contributed by atoms with E-state index >= 15 is 0 Å². The van der Waals surface area contributed by atoms with Crippen LogP contribution in [0.1, 0.15) is 5.56 Å². The minimum Gasteiger partial charge on any atom is -0.508 e. The third-order valence-corrected chi connectivity index (χ3v) is 1.60. The first-order chi connectivity index (χ1) is 8.08. The summed E-state index contributed by atoms with van der Waals surface area (Å²) >= 11 is 0. The summed E-state index contributed by atoms with van der Waals surface area (Å²) in [5.41, 5.74) is 0.792. The summed E-state index contributed by atoms with van der Waals surface area (Å²) in [5, 5.41) is 8.04. The predicted octanol–water partition coefficient (Wildman–Crippen LogP) is 0.347. The van der Waals surface area contributed by atoms with Crippen LogP contribution < -0.4 is 5.72 Å². The van der Waals surface area contributed by atoms with Gasteiger partial charge < -0.3 is 15.9 Å². The van der Waals surface area contributed by atoms with Crippen molar-refractivity contribution >= 4 is 5.97 Å². The van der Waals surface area contributed by atoms with Gasteiger partial charge in [-0.2, -0.15) is 0 Å². The second-order valence-electron chi connectivity index (χ2n) is 2.69. The molecule has 0 heterocycles. The van der Waals surface area contributed by atoms with E-state index in [9.17, 15) is 4.79 Å². The van der Waals surface area contributed by atoms with Gasteiger partial charge in [0, 0.05) is 0 Å². The molecule has 0 amide bonds. The quantitative estimate of drug-likeness (QED) is 0.618. The van der Waals surface area contributed by atoms with E-state index in [1.54, 1.807) is 18.2 Å². The zero-order valence-corrected chi connectivity index (χ0v) is 6.77. The van der Waals surface area contributed by atoms with Crippen LogP contribution in [0.5, 0.6) is 5.75 Å². The maximum Gasteiger partial charge on any atom is 0.320 e. The zero-order chi connectivity index (χ0) is 12.8. The molecule has 1 aromatic carbocycles. The molecule has 0 saturated heterocycles. The summed E-state index contributed by atoms with van der Waals surface area (Å²) in [4.78, 5) is 11.2. The van der Waals surface area contributed by atoms with Crippen molar-refractivity contribution in [1.82, 2.24) is 0 Å². The molecule has 0 saturated carbocycles. The fourth-order valence-electron chi connectivity index (χ4n) is 0.979. The standard InChI is InChI=1S/C9H11NO3/c10-8(9(12)13)5-6-2-1-3-7(11)4-6/h1-4,8,11H,5,10H2,(H,12,13)/t8-/m0/s1/i/hD4. The number of nitrogens with two attached hydrogens (primary N) is 1. The van der Waals surface area contributed by atoms with Crippen molar-refractivity contribution in [2.24, 2.45) is 5.72 Å². The Balaban J connectivity index is 2.82. The monoisotopic (exact) mass is 185 g/mol. The van der Waals surface area contributed by atoms with Crippen LogP contribution in [0, 0.1) is 0 Å². The van der Waals surface area contributed by atoms with Gasteiger partial charge in [-0.3, -0.25) is 4.79 Å². The van der Waals surface area contributed by atoms with Gasteiger partial charge in [-0.15, -0.1) is 0 Å².